The summed E-state index contributed by atoms with van der Waals surface area (Å²) in [6.07, 6.45) is 2.34. The fraction of sp³-hybridized carbons (Fsp3) is 0.364. The minimum Gasteiger partial charge on any atom is -0.357 e. The van der Waals surface area contributed by atoms with Crippen molar-refractivity contribution in [2.75, 3.05) is 23.3 Å². The largest absolute Gasteiger partial charge is 0.357 e. The molecule has 1 aliphatic heterocycles. The molecule has 3 heterocycles. The Labute approximate surface area is 109 Å². The molecule has 8 heteroatoms. The lowest BCUT2D eigenvalue weighted by Gasteiger charge is -2.16. The highest BCUT2D eigenvalue weighted by atomic mass is 16.2. The van der Waals surface area contributed by atoms with Crippen molar-refractivity contribution in [1.82, 2.24) is 25.6 Å². The number of carbonyl (C=O) groups excluding carboxylic acids is 1. The molecule has 1 saturated heterocycles. The van der Waals surface area contributed by atoms with Gasteiger partial charge in [-0.2, -0.15) is 0 Å². The molecule has 2 N–H and O–H groups in total. The van der Waals surface area contributed by atoms with E-state index in [0.717, 1.165) is 18.9 Å². The summed E-state index contributed by atoms with van der Waals surface area (Å²) in [7, 11) is 0. The number of amides is 1. The number of rotatable bonds is 3. The zero-order chi connectivity index (χ0) is 13.1. The third-order valence-corrected chi connectivity index (χ3v) is 2.97. The monoisotopic (exact) mass is 259 g/mol. The Balaban J connectivity index is 1.76. The van der Waals surface area contributed by atoms with Crippen LogP contribution in [0.15, 0.2) is 18.2 Å². The molecule has 0 spiro atoms. The van der Waals surface area contributed by atoms with Gasteiger partial charge in [0, 0.05) is 13.1 Å². The van der Waals surface area contributed by atoms with Crippen LogP contribution in [0.2, 0.25) is 0 Å². The molecule has 1 aliphatic rings. The van der Waals surface area contributed by atoms with Crippen LogP contribution in [-0.4, -0.2) is 44.6 Å². The standard InChI is InChI=1S/C11H13N7O/c19-10(13-11-14-16-17-15-11)8-4-3-5-9(12-8)18-6-1-2-7-18/h3-5H,1-2,6-7H2,(H2,13,14,15,16,17,19). The van der Waals surface area contributed by atoms with Crippen LogP contribution in [0.1, 0.15) is 23.3 Å². The molecule has 0 aliphatic carbocycles. The Morgan fingerprint density at radius 3 is 2.89 bits per heavy atom. The molecule has 1 amide bonds. The second-order valence-electron chi connectivity index (χ2n) is 4.28. The maximum absolute atomic E-state index is 12.0. The Kier molecular flexibility index (Phi) is 3.05. The lowest BCUT2D eigenvalue weighted by molar-refractivity contribution is 0.102. The molecule has 19 heavy (non-hydrogen) atoms. The summed E-state index contributed by atoms with van der Waals surface area (Å²) in [5, 5.41) is 15.4. The van der Waals surface area contributed by atoms with Crippen LogP contribution < -0.4 is 10.2 Å². The normalized spacial score (nSPS) is 14.6. The number of hydrogen-bond acceptors (Lipinski definition) is 6. The van der Waals surface area contributed by atoms with E-state index in [2.05, 4.69) is 35.8 Å². The van der Waals surface area contributed by atoms with E-state index in [1.54, 1.807) is 6.07 Å². The number of carbonyl (C=O) groups is 1. The van der Waals surface area contributed by atoms with Gasteiger partial charge in [-0.1, -0.05) is 11.2 Å². The fourth-order valence-corrected chi connectivity index (χ4v) is 2.06. The quantitative estimate of drug-likeness (QED) is 0.830. The van der Waals surface area contributed by atoms with Gasteiger partial charge in [-0.05, 0) is 35.4 Å². The molecule has 0 aromatic carbocycles. The smallest absolute Gasteiger partial charge is 0.276 e. The van der Waals surface area contributed by atoms with Gasteiger partial charge in [-0.3, -0.25) is 10.1 Å². The van der Waals surface area contributed by atoms with Gasteiger partial charge in [0.25, 0.3) is 5.91 Å². The summed E-state index contributed by atoms with van der Waals surface area (Å²) in [4.78, 5) is 18.5. The van der Waals surface area contributed by atoms with Crippen molar-refractivity contribution in [2.45, 2.75) is 12.8 Å². The van der Waals surface area contributed by atoms with Crippen molar-refractivity contribution >= 4 is 17.7 Å². The molecule has 0 radical (unpaired) electrons. The average Bonchev–Trinajstić information content (AvgIpc) is 3.12. The van der Waals surface area contributed by atoms with Crippen molar-refractivity contribution in [2.24, 2.45) is 0 Å². The van der Waals surface area contributed by atoms with E-state index in [-0.39, 0.29) is 11.9 Å². The van der Waals surface area contributed by atoms with Crippen LogP contribution in [0.5, 0.6) is 0 Å². The van der Waals surface area contributed by atoms with Crippen LogP contribution >= 0.6 is 0 Å². The van der Waals surface area contributed by atoms with E-state index in [1.165, 1.54) is 12.8 Å². The van der Waals surface area contributed by atoms with Crippen molar-refractivity contribution in [3.63, 3.8) is 0 Å². The summed E-state index contributed by atoms with van der Waals surface area (Å²) >= 11 is 0. The number of pyridine rings is 1. The molecular weight excluding hydrogens is 246 g/mol. The van der Waals surface area contributed by atoms with Crippen LogP contribution in [0.4, 0.5) is 11.8 Å². The van der Waals surface area contributed by atoms with E-state index >= 15 is 0 Å². The van der Waals surface area contributed by atoms with Gasteiger partial charge < -0.3 is 4.90 Å². The highest BCUT2D eigenvalue weighted by Gasteiger charge is 2.16. The first-order valence-corrected chi connectivity index (χ1v) is 6.10. The van der Waals surface area contributed by atoms with Gasteiger partial charge in [0.15, 0.2) is 0 Å². The second kappa shape index (κ2) is 5.01. The minimum atomic E-state index is -0.334. The number of nitrogens with one attached hydrogen (secondary N) is 2. The molecule has 0 saturated carbocycles. The zero-order valence-electron chi connectivity index (χ0n) is 10.2. The number of anilines is 2. The molecule has 1 fully saturated rings. The minimum absolute atomic E-state index is 0.207. The highest BCUT2D eigenvalue weighted by molar-refractivity contribution is 6.01. The van der Waals surface area contributed by atoms with E-state index in [1.807, 2.05) is 12.1 Å². The Hall–Kier alpha value is -2.51. The zero-order valence-corrected chi connectivity index (χ0v) is 10.2. The van der Waals surface area contributed by atoms with Crippen LogP contribution in [0.25, 0.3) is 0 Å². The van der Waals surface area contributed by atoms with E-state index in [9.17, 15) is 4.79 Å². The third kappa shape index (κ3) is 2.51. The number of H-pyrrole nitrogens is 1. The first kappa shape index (κ1) is 11.6. The van der Waals surface area contributed by atoms with Gasteiger partial charge in [-0.25, -0.2) is 10.1 Å². The van der Waals surface area contributed by atoms with Gasteiger partial charge in [-0.15, -0.1) is 0 Å². The predicted octanol–water partition coefficient (Wildman–Crippen LogP) is 0.447. The molecule has 2 aromatic rings. The summed E-state index contributed by atoms with van der Waals surface area (Å²) in [5.74, 6) is 0.707. The molecule has 98 valence electrons. The molecular formula is C11H13N7O. The molecule has 0 unspecified atom stereocenters. The molecule has 8 nitrogen and oxygen atoms in total. The summed E-state index contributed by atoms with van der Waals surface area (Å²) in [5.41, 5.74) is 0.348. The lowest BCUT2D eigenvalue weighted by Crippen LogP contribution is -2.21. The first-order chi connectivity index (χ1) is 9.33. The van der Waals surface area contributed by atoms with E-state index in [0.29, 0.717) is 5.69 Å². The summed E-state index contributed by atoms with van der Waals surface area (Å²) < 4.78 is 0. The van der Waals surface area contributed by atoms with Crippen LogP contribution in [-0.2, 0) is 0 Å². The fourth-order valence-electron chi connectivity index (χ4n) is 2.06. The topological polar surface area (TPSA) is 99.7 Å². The van der Waals surface area contributed by atoms with E-state index in [4.69, 9.17) is 0 Å². The third-order valence-electron chi connectivity index (χ3n) is 2.97. The summed E-state index contributed by atoms with van der Waals surface area (Å²) in [6.45, 7) is 1.98. The molecule has 3 rings (SSSR count). The Morgan fingerprint density at radius 1 is 1.32 bits per heavy atom. The van der Waals surface area contributed by atoms with Gasteiger partial charge >= 0.3 is 0 Å². The average molecular weight is 259 g/mol. The van der Waals surface area contributed by atoms with Crippen molar-refractivity contribution in [3.8, 4) is 0 Å². The van der Waals surface area contributed by atoms with Crippen LogP contribution in [0, 0.1) is 0 Å². The van der Waals surface area contributed by atoms with Crippen LogP contribution in [0.3, 0.4) is 0 Å². The van der Waals surface area contributed by atoms with Crippen molar-refractivity contribution < 1.29 is 4.79 Å². The summed E-state index contributed by atoms with van der Waals surface area (Å²) in [6, 6.07) is 5.41. The molecule has 2 aromatic heterocycles. The van der Waals surface area contributed by atoms with Crippen molar-refractivity contribution in [3.05, 3.63) is 23.9 Å². The predicted molar refractivity (Wildman–Crippen MR) is 67.8 cm³/mol. The Morgan fingerprint density at radius 2 is 2.16 bits per heavy atom. The Bertz CT molecular complexity index is 562. The molecule has 0 bridgehead atoms. The highest BCUT2D eigenvalue weighted by Crippen LogP contribution is 2.17. The number of hydrogen-bond donors (Lipinski definition) is 2. The molecule has 0 atom stereocenters. The number of aromatic nitrogens is 5. The maximum Gasteiger partial charge on any atom is 0.276 e. The van der Waals surface area contributed by atoms with Gasteiger partial charge in [0.1, 0.15) is 11.5 Å². The number of aromatic amines is 1. The SMILES string of the molecule is O=C(Nc1nnn[nH]1)c1cccc(N2CCCC2)n1. The van der Waals surface area contributed by atoms with Gasteiger partial charge in [0.05, 0.1) is 0 Å². The first-order valence-electron chi connectivity index (χ1n) is 6.10. The number of tetrazole rings is 1. The second-order valence-corrected chi connectivity index (χ2v) is 4.28. The van der Waals surface area contributed by atoms with E-state index < -0.39 is 0 Å². The number of nitrogens with zero attached hydrogens (tertiary/aromatic N) is 5. The van der Waals surface area contributed by atoms with Crippen molar-refractivity contribution in [1.29, 1.82) is 0 Å². The lowest BCUT2D eigenvalue weighted by atomic mass is 10.3. The maximum atomic E-state index is 12.0. The van der Waals surface area contributed by atoms with Gasteiger partial charge in [0.2, 0.25) is 5.95 Å².